The molecule has 2 unspecified atom stereocenters. The van der Waals surface area contributed by atoms with Gasteiger partial charge in [0.1, 0.15) is 0 Å². The first kappa shape index (κ1) is 11.7. The molecule has 0 aromatic carbocycles. The lowest BCUT2D eigenvalue weighted by Gasteiger charge is -2.16. The summed E-state index contributed by atoms with van der Waals surface area (Å²) in [6.07, 6.45) is 0. The number of carbonyl (C=O) groups excluding carboxylic acids is 1. The molecule has 5 heteroatoms. The van der Waals surface area contributed by atoms with Crippen molar-refractivity contribution in [2.24, 2.45) is 5.92 Å². The molecular weight excluding hydrogens is 214 g/mol. The molecule has 0 saturated heterocycles. The van der Waals surface area contributed by atoms with Crippen molar-refractivity contribution in [1.82, 2.24) is 5.32 Å². The van der Waals surface area contributed by atoms with Gasteiger partial charge >= 0.3 is 5.97 Å². The summed E-state index contributed by atoms with van der Waals surface area (Å²) in [7, 11) is 0. The third-order valence-corrected chi connectivity index (χ3v) is 3.11. The number of carboxylic acid groups (broad SMARTS) is 1. The quantitative estimate of drug-likeness (QED) is 0.820. The van der Waals surface area contributed by atoms with Crippen LogP contribution in [0.1, 0.15) is 23.5 Å². The first-order chi connectivity index (χ1) is 7.02. The van der Waals surface area contributed by atoms with Gasteiger partial charge in [-0.3, -0.25) is 9.59 Å². The van der Waals surface area contributed by atoms with E-state index in [4.69, 9.17) is 5.11 Å². The van der Waals surface area contributed by atoms with E-state index in [9.17, 15) is 9.59 Å². The van der Waals surface area contributed by atoms with E-state index in [0.29, 0.717) is 4.88 Å². The fourth-order valence-electron chi connectivity index (χ4n) is 1.02. The standard InChI is InChI=1S/C10H13NO3S/c1-6(10(13)14)7(2)11-9(12)8-4-3-5-15-8/h3-7H,1-2H3,(H,11,12)(H,13,14). The van der Waals surface area contributed by atoms with Gasteiger partial charge in [0.25, 0.3) is 5.91 Å². The maximum atomic E-state index is 11.5. The molecule has 0 bridgehead atoms. The van der Waals surface area contributed by atoms with Crippen LogP contribution in [-0.2, 0) is 4.79 Å². The molecule has 1 rings (SSSR count). The van der Waals surface area contributed by atoms with Crippen molar-refractivity contribution < 1.29 is 14.7 Å². The molecule has 0 fully saturated rings. The van der Waals surface area contributed by atoms with Crippen LogP contribution in [0.2, 0.25) is 0 Å². The maximum absolute atomic E-state index is 11.5. The average Bonchev–Trinajstić information content (AvgIpc) is 2.68. The van der Waals surface area contributed by atoms with E-state index >= 15 is 0 Å². The lowest BCUT2D eigenvalue weighted by molar-refractivity contribution is -0.141. The third-order valence-electron chi connectivity index (χ3n) is 2.24. The molecule has 2 atom stereocenters. The highest BCUT2D eigenvalue weighted by Crippen LogP contribution is 2.10. The van der Waals surface area contributed by atoms with Gasteiger partial charge in [-0.2, -0.15) is 0 Å². The molecule has 0 aliphatic rings. The number of hydrogen-bond acceptors (Lipinski definition) is 3. The van der Waals surface area contributed by atoms with Gasteiger partial charge < -0.3 is 10.4 Å². The van der Waals surface area contributed by atoms with Crippen LogP contribution in [0.25, 0.3) is 0 Å². The Morgan fingerprint density at radius 3 is 2.60 bits per heavy atom. The van der Waals surface area contributed by atoms with Crippen molar-refractivity contribution in [3.05, 3.63) is 22.4 Å². The Labute approximate surface area is 91.9 Å². The summed E-state index contributed by atoms with van der Waals surface area (Å²) in [5, 5.41) is 13.2. The van der Waals surface area contributed by atoms with Crippen LogP contribution in [0.15, 0.2) is 17.5 Å². The summed E-state index contributed by atoms with van der Waals surface area (Å²) in [6, 6.07) is 3.11. The monoisotopic (exact) mass is 227 g/mol. The first-order valence-electron chi connectivity index (χ1n) is 4.59. The number of thiophene rings is 1. The topological polar surface area (TPSA) is 66.4 Å². The number of amides is 1. The Hall–Kier alpha value is -1.36. The van der Waals surface area contributed by atoms with E-state index in [1.54, 1.807) is 31.4 Å². The van der Waals surface area contributed by atoms with Crippen LogP contribution in [-0.4, -0.2) is 23.0 Å². The lowest BCUT2D eigenvalue weighted by atomic mass is 10.0. The molecular formula is C10H13NO3S. The molecule has 0 aliphatic carbocycles. The van der Waals surface area contributed by atoms with Crippen LogP contribution < -0.4 is 5.32 Å². The highest BCUT2D eigenvalue weighted by atomic mass is 32.1. The number of carbonyl (C=O) groups is 2. The molecule has 4 nitrogen and oxygen atoms in total. The van der Waals surface area contributed by atoms with Crippen molar-refractivity contribution in [3.8, 4) is 0 Å². The molecule has 1 heterocycles. The fourth-order valence-corrected chi connectivity index (χ4v) is 1.65. The fraction of sp³-hybridized carbons (Fsp3) is 0.400. The predicted octanol–water partition coefficient (Wildman–Crippen LogP) is 1.59. The largest absolute Gasteiger partial charge is 0.481 e. The zero-order chi connectivity index (χ0) is 11.4. The minimum absolute atomic E-state index is 0.217. The predicted molar refractivity (Wildman–Crippen MR) is 58.0 cm³/mol. The van der Waals surface area contributed by atoms with Gasteiger partial charge in [0.2, 0.25) is 0 Å². The number of hydrogen-bond donors (Lipinski definition) is 2. The minimum Gasteiger partial charge on any atom is -0.481 e. The molecule has 0 spiro atoms. The van der Waals surface area contributed by atoms with E-state index in [1.165, 1.54) is 11.3 Å². The number of aliphatic carboxylic acids is 1. The van der Waals surface area contributed by atoms with Crippen molar-refractivity contribution >= 4 is 23.2 Å². The van der Waals surface area contributed by atoms with E-state index in [1.807, 2.05) is 0 Å². The van der Waals surface area contributed by atoms with E-state index in [2.05, 4.69) is 5.32 Å². The summed E-state index contributed by atoms with van der Waals surface area (Å²) in [6.45, 7) is 3.26. The van der Waals surface area contributed by atoms with Gasteiger partial charge in [-0.25, -0.2) is 0 Å². The van der Waals surface area contributed by atoms with Crippen molar-refractivity contribution in [3.63, 3.8) is 0 Å². The summed E-state index contributed by atoms with van der Waals surface area (Å²) >= 11 is 1.33. The zero-order valence-corrected chi connectivity index (χ0v) is 9.38. The van der Waals surface area contributed by atoms with Gasteiger partial charge in [-0.15, -0.1) is 11.3 Å². The van der Waals surface area contributed by atoms with Crippen LogP contribution in [0.5, 0.6) is 0 Å². The molecule has 1 aromatic rings. The minimum atomic E-state index is -0.908. The number of nitrogens with one attached hydrogen (secondary N) is 1. The second-order valence-electron chi connectivity index (χ2n) is 3.37. The van der Waals surface area contributed by atoms with Crippen molar-refractivity contribution in [1.29, 1.82) is 0 Å². The van der Waals surface area contributed by atoms with Crippen molar-refractivity contribution in [2.45, 2.75) is 19.9 Å². The molecule has 82 valence electrons. The highest BCUT2D eigenvalue weighted by molar-refractivity contribution is 7.12. The van der Waals surface area contributed by atoms with Crippen LogP contribution in [0, 0.1) is 5.92 Å². The van der Waals surface area contributed by atoms with Crippen LogP contribution >= 0.6 is 11.3 Å². The second-order valence-corrected chi connectivity index (χ2v) is 4.31. The third kappa shape index (κ3) is 3.06. The Morgan fingerprint density at radius 2 is 2.13 bits per heavy atom. The molecule has 15 heavy (non-hydrogen) atoms. The summed E-state index contributed by atoms with van der Waals surface area (Å²) in [5.41, 5.74) is 0. The first-order valence-corrected chi connectivity index (χ1v) is 5.47. The normalized spacial score (nSPS) is 14.3. The molecule has 0 aliphatic heterocycles. The van der Waals surface area contributed by atoms with E-state index in [0.717, 1.165) is 0 Å². The maximum Gasteiger partial charge on any atom is 0.308 e. The van der Waals surface area contributed by atoms with Gasteiger partial charge in [0.05, 0.1) is 10.8 Å². The van der Waals surface area contributed by atoms with Gasteiger partial charge in [0, 0.05) is 6.04 Å². The summed E-state index contributed by atoms with van der Waals surface area (Å²) in [5.74, 6) is -1.71. The van der Waals surface area contributed by atoms with Gasteiger partial charge in [-0.1, -0.05) is 6.07 Å². The SMILES string of the molecule is CC(NC(=O)c1cccs1)C(C)C(=O)O. The highest BCUT2D eigenvalue weighted by Gasteiger charge is 2.21. The number of rotatable bonds is 4. The smallest absolute Gasteiger partial charge is 0.308 e. The Balaban J connectivity index is 2.56. The zero-order valence-electron chi connectivity index (χ0n) is 8.56. The molecule has 1 amide bonds. The summed E-state index contributed by atoms with van der Waals surface area (Å²) < 4.78 is 0. The Bertz CT molecular complexity index is 348. The van der Waals surface area contributed by atoms with E-state index in [-0.39, 0.29) is 11.9 Å². The summed E-state index contributed by atoms with van der Waals surface area (Å²) in [4.78, 5) is 22.8. The second kappa shape index (κ2) is 4.93. The van der Waals surface area contributed by atoms with Crippen LogP contribution in [0.3, 0.4) is 0 Å². The van der Waals surface area contributed by atoms with Crippen molar-refractivity contribution in [2.75, 3.05) is 0 Å². The lowest BCUT2D eigenvalue weighted by Crippen LogP contribution is -2.39. The van der Waals surface area contributed by atoms with E-state index < -0.39 is 11.9 Å². The van der Waals surface area contributed by atoms with Gasteiger partial charge in [0.15, 0.2) is 0 Å². The molecule has 0 radical (unpaired) electrons. The molecule has 1 aromatic heterocycles. The molecule has 0 saturated carbocycles. The number of carboxylic acids is 1. The Kier molecular flexibility index (Phi) is 3.85. The Morgan fingerprint density at radius 1 is 1.47 bits per heavy atom. The average molecular weight is 227 g/mol. The van der Waals surface area contributed by atoms with Gasteiger partial charge in [-0.05, 0) is 25.3 Å². The van der Waals surface area contributed by atoms with Crippen LogP contribution in [0.4, 0.5) is 0 Å². The molecule has 2 N–H and O–H groups in total.